The van der Waals surface area contributed by atoms with E-state index >= 15 is 0 Å². The number of carbonyl (C=O) groups excluding carboxylic acids is 1. The van der Waals surface area contributed by atoms with Gasteiger partial charge in [0.25, 0.3) is 0 Å². The third kappa shape index (κ3) is 2.76. The molecular weight excluding hydrogens is 192 g/mol. The van der Waals surface area contributed by atoms with Crippen LogP contribution in [0.15, 0.2) is 23.8 Å². The Hall–Kier alpha value is -0.930. The minimum Gasteiger partial charge on any atom is -0.389 e. The van der Waals surface area contributed by atoms with Crippen molar-refractivity contribution in [2.45, 2.75) is 37.9 Å². The highest BCUT2D eigenvalue weighted by Crippen LogP contribution is 2.19. The summed E-state index contributed by atoms with van der Waals surface area (Å²) in [7, 11) is 0. The number of carbonyl (C=O) groups is 1. The van der Waals surface area contributed by atoms with Crippen molar-refractivity contribution < 1.29 is 14.6 Å². The van der Waals surface area contributed by atoms with Crippen LogP contribution in [0, 0.1) is 0 Å². The highest BCUT2D eigenvalue weighted by Gasteiger charge is 2.21. The second-order valence-electron chi connectivity index (χ2n) is 4.08. The lowest BCUT2D eigenvalue weighted by Crippen LogP contribution is -2.15. The SMILES string of the molecule is O=C(CC1CCCO1)C1=CCC(O)C=C1. The van der Waals surface area contributed by atoms with Crippen molar-refractivity contribution in [2.24, 2.45) is 0 Å². The summed E-state index contributed by atoms with van der Waals surface area (Å²) in [6, 6.07) is 0. The molecule has 0 aromatic rings. The van der Waals surface area contributed by atoms with E-state index in [4.69, 9.17) is 4.74 Å². The number of aliphatic hydroxyl groups excluding tert-OH is 1. The van der Waals surface area contributed by atoms with Crippen molar-refractivity contribution in [1.29, 1.82) is 0 Å². The number of ketones is 1. The fraction of sp³-hybridized carbons (Fsp3) is 0.583. The van der Waals surface area contributed by atoms with Gasteiger partial charge in [-0.15, -0.1) is 0 Å². The normalized spacial score (nSPS) is 30.3. The second-order valence-corrected chi connectivity index (χ2v) is 4.08. The van der Waals surface area contributed by atoms with Crippen LogP contribution in [0.2, 0.25) is 0 Å². The van der Waals surface area contributed by atoms with Crippen molar-refractivity contribution in [3.63, 3.8) is 0 Å². The summed E-state index contributed by atoms with van der Waals surface area (Å²) in [4.78, 5) is 11.8. The average Bonchev–Trinajstić information content (AvgIpc) is 2.71. The predicted octanol–water partition coefficient (Wildman–Crippen LogP) is 1.37. The van der Waals surface area contributed by atoms with Crippen LogP contribution in [0.1, 0.15) is 25.7 Å². The zero-order valence-corrected chi connectivity index (χ0v) is 8.69. The zero-order chi connectivity index (χ0) is 10.7. The van der Waals surface area contributed by atoms with E-state index < -0.39 is 6.10 Å². The molecule has 3 nitrogen and oxygen atoms in total. The van der Waals surface area contributed by atoms with Gasteiger partial charge < -0.3 is 9.84 Å². The highest BCUT2D eigenvalue weighted by atomic mass is 16.5. The van der Waals surface area contributed by atoms with Gasteiger partial charge in [-0.1, -0.05) is 18.2 Å². The Morgan fingerprint density at radius 1 is 1.60 bits per heavy atom. The summed E-state index contributed by atoms with van der Waals surface area (Å²) in [5.41, 5.74) is 0.718. The van der Waals surface area contributed by atoms with E-state index in [0.29, 0.717) is 12.8 Å². The van der Waals surface area contributed by atoms with Gasteiger partial charge in [-0.3, -0.25) is 4.79 Å². The van der Waals surface area contributed by atoms with Gasteiger partial charge in [-0.2, -0.15) is 0 Å². The molecule has 82 valence electrons. The maximum Gasteiger partial charge on any atom is 0.165 e. The molecule has 1 heterocycles. The molecule has 1 fully saturated rings. The van der Waals surface area contributed by atoms with E-state index in [2.05, 4.69) is 0 Å². The summed E-state index contributed by atoms with van der Waals surface area (Å²) < 4.78 is 5.41. The molecular formula is C12H16O3. The lowest BCUT2D eigenvalue weighted by molar-refractivity contribution is -0.117. The molecule has 3 heteroatoms. The van der Waals surface area contributed by atoms with Gasteiger partial charge in [0.1, 0.15) is 0 Å². The molecule has 0 saturated carbocycles. The quantitative estimate of drug-likeness (QED) is 0.762. The van der Waals surface area contributed by atoms with Crippen molar-refractivity contribution in [1.82, 2.24) is 0 Å². The summed E-state index contributed by atoms with van der Waals surface area (Å²) in [6.07, 6.45) is 7.95. The van der Waals surface area contributed by atoms with Crippen molar-refractivity contribution in [2.75, 3.05) is 6.61 Å². The molecule has 2 atom stereocenters. The van der Waals surface area contributed by atoms with Crippen LogP contribution in [-0.4, -0.2) is 29.7 Å². The first-order chi connectivity index (χ1) is 7.25. The summed E-state index contributed by atoms with van der Waals surface area (Å²) in [6.45, 7) is 0.783. The fourth-order valence-electron chi connectivity index (χ4n) is 1.95. The predicted molar refractivity (Wildman–Crippen MR) is 56.4 cm³/mol. The van der Waals surface area contributed by atoms with E-state index in [-0.39, 0.29) is 11.9 Å². The number of aliphatic hydroxyl groups is 1. The lowest BCUT2D eigenvalue weighted by Gasteiger charge is -2.12. The molecule has 1 aliphatic carbocycles. The van der Waals surface area contributed by atoms with Gasteiger partial charge in [0.05, 0.1) is 12.2 Å². The molecule has 0 amide bonds. The van der Waals surface area contributed by atoms with Crippen molar-refractivity contribution in [3.05, 3.63) is 23.8 Å². The first kappa shape index (κ1) is 10.6. The number of hydrogen-bond donors (Lipinski definition) is 1. The Balaban J connectivity index is 1.88. The molecule has 0 aromatic heterocycles. The van der Waals surface area contributed by atoms with E-state index in [9.17, 15) is 9.90 Å². The summed E-state index contributed by atoms with van der Waals surface area (Å²) >= 11 is 0. The van der Waals surface area contributed by atoms with E-state index in [0.717, 1.165) is 25.0 Å². The highest BCUT2D eigenvalue weighted by molar-refractivity contribution is 5.98. The molecule has 0 radical (unpaired) electrons. The van der Waals surface area contributed by atoms with E-state index in [1.54, 1.807) is 12.2 Å². The monoisotopic (exact) mass is 208 g/mol. The molecule has 2 aliphatic rings. The summed E-state index contributed by atoms with van der Waals surface area (Å²) in [5.74, 6) is 0.130. The molecule has 2 unspecified atom stereocenters. The van der Waals surface area contributed by atoms with E-state index in [1.807, 2.05) is 6.08 Å². The lowest BCUT2D eigenvalue weighted by atomic mass is 9.98. The molecule has 1 N–H and O–H groups in total. The molecule has 2 rings (SSSR count). The smallest absolute Gasteiger partial charge is 0.165 e. The van der Waals surface area contributed by atoms with E-state index in [1.165, 1.54) is 0 Å². The van der Waals surface area contributed by atoms with Gasteiger partial charge >= 0.3 is 0 Å². The van der Waals surface area contributed by atoms with Crippen LogP contribution in [0.4, 0.5) is 0 Å². The Bertz CT molecular complexity index is 298. The van der Waals surface area contributed by atoms with Crippen LogP contribution in [0.3, 0.4) is 0 Å². The van der Waals surface area contributed by atoms with Gasteiger partial charge in [-0.05, 0) is 19.3 Å². The largest absolute Gasteiger partial charge is 0.389 e. The summed E-state index contributed by atoms with van der Waals surface area (Å²) in [5, 5.41) is 9.23. The number of ether oxygens (including phenoxy) is 1. The fourth-order valence-corrected chi connectivity index (χ4v) is 1.95. The van der Waals surface area contributed by atoms with Crippen molar-refractivity contribution >= 4 is 5.78 Å². The van der Waals surface area contributed by atoms with Gasteiger partial charge in [0.2, 0.25) is 0 Å². The number of Topliss-reactive ketones (excluding diaryl/α,β-unsaturated/α-hetero) is 1. The number of allylic oxidation sites excluding steroid dienone is 2. The number of hydrogen-bond acceptors (Lipinski definition) is 3. The molecule has 0 bridgehead atoms. The van der Waals surface area contributed by atoms with Crippen LogP contribution in [-0.2, 0) is 9.53 Å². The molecule has 1 aliphatic heterocycles. The minimum absolute atomic E-state index is 0.110. The molecule has 0 aromatic carbocycles. The van der Waals surface area contributed by atoms with Gasteiger partial charge in [-0.25, -0.2) is 0 Å². The van der Waals surface area contributed by atoms with Gasteiger partial charge in [0.15, 0.2) is 5.78 Å². The average molecular weight is 208 g/mol. The van der Waals surface area contributed by atoms with Crippen LogP contribution in [0.25, 0.3) is 0 Å². The van der Waals surface area contributed by atoms with Gasteiger partial charge in [0, 0.05) is 18.6 Å². The Labute approximate surface area is 89.4 Å². The minimum atomic E-state index is -0.427. The first-order valence-electron chi connectivity index (χ1n) is 5.47. The van der Waals surface area contributed by atoms with Crippen molar-refractivity contribution in [3.8, 4) is 0 Å². The van der Waals surface area contributed by atoms with Crippen LogP contribution in [0.5, 0.6) is 0 Å². The third-order valence-corrected chi connectivity index (χ3v) is 2.84. The third-order valence-electron chi connectivity index (χ3n) is 2.84. The molecule has 0 spiro atoms. The topological polar surface area (TPSA) is 46.5 Å². The zero-order valence-electron chi connectivity index (χ0n) is 8.69. The first-order valence-corrected chi connectivity index (χ1v) is 5.47. The maximum atomic E-state index is 11.8. The Morgan fingerprint density at radius 2 is 2.47 bits per heavy atom. The van der Waals surface area contributed by atoms with Crippen LogP contribution >= 0.6 is 0 Å². The Morgan fingerprint density at radius 3 is 3.07 bits per heavy atom. The standard InChI is InChI=1S/C12H16O3/c13-10-5-3-9(4-6-10)12(14)8-11-2-1-7-15-11/h3-5,10-11,13H,1-2,6-8H2. The molecule has 15 heavy (non-hydrogen) atoms. The maximum absolute atomic E-state index is 11.8. The number of rotatable bonds is 3. The molecule has 1 saturated heterocycles. The Kier molecular flexibility index (Phi) is 3.34. The van der Waals surface area contributed by atoms with Crippen LogP contribution < -0.4 is 0 Å². The second kappa shape index (κ2) is 4.73.